The summed E-state index contributed by atoms with van der Waals surface area (Å²) in [5.74, 6) is -0.194. The maximum atomic E-state index is 11.7. The number of amides is 2. The van der Waals surface area contributed by atoms with Gasteiger partial charge in [-0.25, -0.2) is 0 Å². The zero-order valence-electron chi connectivity index (χ0n) is 14.5. The number of nitrogens with one attached hydrogen (secondary N) is 1. The molecule has 2 fully saturated rings. The summed E-state index contributed by atoms with van der Waals surface area (Å²) in [6, 6.07) is 15.1. The largest absolute Gasteiger partial charge is 0.303 e. The van der Waals surface area contributed by atoms with E-state index in [1.807, 2.05) is 0 Å². The van der Waals surface area contributed by atoms with E-state index >= 15 is 0 Å². The first kappa shape index (κ1) is 16.3. The highest BCUT2D eigenvalue weighted by molar-refractivity contribution is 5.98. The van der Waals surface area contributed by atoms with Crippen molar-refractivity contribution in [2.45, 2.75) is 32.1 Å². The zero-order valence-corrected chi connectivity index (χ0v) is 14.5. The molecule has 2 heterocycles. The molecular weight excluding hydrogens is 312 g/mol. The van der Waals surface area contributed by atoms with Crippen molar-refractivity contribution >= 4 is 22.6 Å². The Kier molecular flexibility index (Phi) is 4.30. The zero-order chi connectivity index (χ0) is 17.3. The Morgan fingerprint density at radius 3 is 2.36 bits per heavy atom. The number of likely N-dealkylation sites (tertiary alicyclic amines) is 1. The molecule has 2 saturated heterocycles. The molecule has 4 rings (SSSR count). The van der Waals surface area contributed by atoms with Crippen LogP contribution in [0.3, 0.4) is 0 Å². The minimum absolute atomic E-state index is 0.0879. The number of carbonyl (C=O) groups is 2. The normalized spacial score (nSPS) is 20.8. The quantitative estimate of drug-likeness (QED) is 0.877. The van der Waals surface area contributed by atoms with Crippen molar-refractivity contribution in [3.8, 4) is 0 Å². The maximum Gasteiger partial charge on any atom is 0.227 e. The van der Waals surface area contributed by atoms with Crippen molar-refractivity contribution in [3.63, 3.8) is 0 Å². The summed E-state index contributed by atoms with van der Waals surface area (Å²) in [5.41, 5.74) is 1.31. The number of nitrogens with zero attached hydrogens (tertiary/aromatic N) is 1. The van der Waals surface area contributed by atoms with Crippen LogP contribution in [0.2, 0.25) is 0 Å². The van der Waals surface area contributed by atoms with Gasteiger partial charge < -0.3 is 4.90 Å². The first-order chi connectivity index (χ1) is 12.1. The van der Waals surface area contributed by atoms with Crippen LogP contribution < -0.4 is 5.32 Å². The lowest BCUT2D eigenvalue weighted by molar-refractivity contribution is -0.139. The van der Waals surface area contributed by atoms with Crippen LogP contribution in [-0.4, -0.2) is 36.3 Å². The topological polar surface area (TPSA) is 49.4 Å². The minimum Gasteiger partial charge on any atom is -0.303 e. The van der Waals surface area contributed by atoms with E-state index in [4.69, 9.17) is 0 Å². The fourth-order valence-electron chi connectivity index (χ4n) is 4.38. The van der Waals surface area contributed by atoms with E-state index in [9.17, 15) is 9.59 Å². The Hall–Kier alpha value is -2.20. The van der Waals surface area contributed by atoms with Gasteiger partial charge in [-0.3, -0.25) is 14.9 Å². The fraction of sp³-hybridized carbons (Fsp3) is 0.429. The molecule has 2 aromatic carbocycles. The summed E-state index contributed by atoms with van der Waals surface area (Å²) in [6.45, 7) is 2.99. The van der Waals surface area contributed by atoms with Crippen molar-refractivity contribution in [1.29, 1.82) is 0 Å². The van der Waals surface area contributed by atoms with Crippen molar-refractivity contribution < 1.29 is 9.59 Å². The molecule has 130 valence electrons. The highest BCUT2D eigenvalue weighted by atomic mass is 16.2. The van der Waals surface area contributed by atoms with Crippen LogP contribution in [0.25, 0.3) is 10.8 Å². The van der Waals surface area contributed by atoms with Crippen LogP contribution in [0.15, 0.2) is 42.5 Å². The van der Waals surface area contributed by atoms with Crippen LogP contribution in [0.5, 0.6) is 0 Å². The van der Waals surface area contributed by atoms with Crippen molar-refractivity contribution in [2.75, 3.05) is 19.6 Å². The molecule has 4 heteroatoms. The predicted octanol–water partition coefficient (Wildman–Crippen LogP) is 2.90. The number of hydrogen-bond donors (Lipinski definition) is 1. The van der Waals surface area contributed by atoms with Gasteiger partial charge in [-0.1, -0.05) is 42.5 Å². The molecule has 25 heavy (non-hydrogen) atoms. The van der Waals surface area contributed by atoms with Crippen LogP contribution in [0, 0.1) is 5.41 Å². The van der Waals surface area contributed by atoms with Gasteiger partial charge in [-0.2, -0.15) is 0 Å². The third-order valence-electron chi connectivity index (χ3n) is 5.84. The van der Waals surface area contributed by atoms with Gasteiger partial charge in [0.1, 0.15) is 0 Å². The average Bonchev–Trinajstić information content (AvgIpc) is 2.60. The molecule has 2 aliphatic rings. The number of carbonyl (C=O) groups excluding carboxylic acids is 2. The summed E-state index contributed by atoms with van der Waals surface area (Å²) >= 11 is 0. The van der Waals surface area contributed by atoms with E-state index in [1.54, 1.807) is 0 Å². The number of hydrogen-bond acceptors (Lipinski definition) is 3. The van der Waals surface area contributed by atoms with E-state index in [2.05, 4.69) is 52.7 Å². The summed E-state index contributed by atoms with van der Waals surface area (Å²) in [7, 11) is 0. The molecule has 0 bridgehead atoms. The van der Waals surface area contributed by atoms with Gasteiger partial charge in [0.25, 0.3) is 0 Å². The molecule has 0 atom stereocenters. The molecule has 1 N–H and O–H groups in total. The van der Waals surface area contributed by atoms with Gasteiger partial charge in [0.05, 0.1) is 0 Å². The Morgan fingerprint density at radius 2 is 1.60 bits per heavy atom. The van der Waals surface area contributed by atoms with Crippen molar-refractivity contribution in [3.05, 3.63) is 48.0 Å². The van der Waals surface area contributed by atoms with Crippen LogP contribution in [0.4, 0.5) is 0 Å². The van der Waals surface area contributed by atoms with Crippen LogP contribution in [0.1, 0.15) is 31.2 Å². The fourth-order valence-corrected chi connectivity index (χ4v) is 4.38. The standard InChI is InChI=1S/C21H24N2O2/c24-19-14-21(15-20(25)22-19)9-12-23(13-10-21)11-8-17-6-3-5-16-4-1-2-7-18(16)17/h1-7H,8-15H2,(H,22,24,25). The second kappa shape index (κ2) is 6.60. The SMILES string of the molecule is O=C1CC2(CCN(CCc3cccc4ccccc34)CC2)CC(=O)N1. The van der Waals surface area contributed by atoms with E-state index in [0.29, 0.717) is 12.8 Å². The van der Waals surface area contributed by atoms with Gasteiger partial charge in [0, 0.05) is 19.4 Å². The van der Waals surface area contributed by atoms with Crippen molar-refractivity contribution in [1.82, 2.24) is 10.2 Å². The van der Waals surface area contributed by atoms with E-state index < -0.39 is 0 Å². The van der Waals surface area contributed by atoms with Gasteiger partial charge in [-0.15, -0.1) is 0 Å². The monoisotopic (exact) mass is 336 g/mol. The third kappa shape index (κ3) is 3.45. The predicted molar refractivity (Wildman–Crippen MR) is 98.1 cm³/mol. The molecule has 1 spiro atoms. The first-order valence-electron chi connectivity index (χ1n) is 9.15. The molecule has 4 nitrogen and oxygen atoms in total. The molecule has 0 aromatic heterocycles. The summed E-state index contributed by atoms with van der Waals surface area (Å²) in [6.07, 6.45) is 3.95. The summed E-state index contributed by atoms with van der Waals surface area (Å²) < 4.78 is 0. The van der Waals surface area contributed by atoms with Gasteiger partial charge in [0.2, 0.25) is 11.8 Å². The molecule has 0 radical (unpaired) electrons. The summed E-state index contributed by atoms with van der Waals surface area (Å²) in [5, 5.41) is 5.07. The number of imide groups is 1. The van der Waals surface area contributed by atoms with Gasteiger partial charge in [0.15, 0.2) is 0 Å². The second-order valence-corrected chi connectivity index (χ2v) is 7.55. The molecule has 0 saturated carbocycles. The Balaban J connectivity index is 1.37. The Bertz CT molecular complexity index is 783. The highest BCUT2D eigenvalue weighted by Gasteiger charge is 2.41. The molecule has 2 aromatic rings. The van der Waals surface area contributed by atoms with E-state index in [0.717, 1.165) is 38.9 Å². The molecule has 0 aliphatic carbocycles. The smallest absolute Gasteiger partial charge is 0.227 e. The lowest BCUT2D eigenvalue weighted by atomic mass is 9.71. The van der Waals surface area contributed by atoms with E-state index in [-0.39, 0.29) is 17.2 Å². The third-order valence-corrected chi connectivity index (χ3v) is 5.84. The second-order valence-electron chi connectivity index (χ2n) is 7.55. The highest BCUT2D eigenvalue weighted by Crippen LogP contribution is 2.40. The van der Waals surface area contributed by atoms with Crippen LogP contribution >= 0.6 is 0 Å². The molecular formula is C21H24N2O2. The number of piperidine rings is 2. The molecule has 2 amide bonds. The summed E-state index contributed by atoms with van der Waals surface area (Å²) in [4.78, 5) is 25.9. The number of fused-ring (bicyclic) bond motifs is 1. The van der Waals surface area contributed by atoms with E-state index in [1.165, 1.54) is 16.3 Å². The molecule has 2 aliphatic heterocycles. The lowest BCUT2D eigenvalue weighted by Gasteiger charge is -2.43. The number of benzene rings is 2. The number of rotatable bonds is 3. The minimum atomic E-state index is -0.0968. The first-order valence-corrected chi connectivity index (χ1v) is 9.15. The Morgan fingerprint density at radius 1 is 0.920 bits per heavy atom. The van der Waals surface area contributed by atoms with Crippen molar-refractivity contribution in [2.24, 2.45) is 5.41 Å². The average molecular weight is 336 g/mol. The van der Waals surface area contributed by atoms with Gasteiger partial charge >= 0.3 is 0 Å². The van der Waals surface area contributed by atoms with Gasteiger partial charge in [-0.05, 0) is 54.1 Å². The molecule has 0 unspecified atom stereocenters. The lowest BCUT2D eigenvalue weighted by Crippen LogP contribution is -2.50. The maximum absolute atomic E-state index is 11.7. The Labute approximate surface area is 148 Å². The van der Waals surface area contributed by atoms with Crippen LogP contribution in [-0.2, 0) is 16.0 Å².